The van der Waals surface area contributed by atoms with Crippen molar-refractivity contribution in [3.8, 4) is 0 Å². The van der Waals surface area contributed by atoms with Crippen molar-refractivity contribution in [2.45, 2.75) is 32.4 Å². The van der Waals surface area contributed by atoms with Crippen LogP contribution in [0.5, 0.6) is 0 Å². The van der Waals surface area contributed by atoms with Crippen LogP contribution in [-0.4, -0.2) is 35.5 Å². The average Bonchev–Trinajstić information content (AvgIpc) is 2.50. The maximum absolute atomic E-state index is 4.53. The van der Waals surface area contributed by atoms with E-state index in [0.29, 0.717) is 10.7 Å². The van der Waals surface area contributed by atoms with Gasteiger partial charge in [-0.2, -0.15) is 11.8 Å². The normalized spacial score (nSPS) is 21.6. The summed E-state index contributed by atoms with van der Waals surface area (Å²) in [7, 11) is 0. The summed E-state index contributed by atoms with van der Waals surface area (Å²) in [6.07, 6.45) is 3.38. The maximum Gasteiger partial charge on any atom is 0.156 e. The summed E-state index contributed by atoms with van der Waals surface area (Å²) in [6, 6.07) is 0. The molecule has 0 aromatic carbocycles. The van der Waals surface area contributed by atoms with E-state index in [1.54, 1.807) is 0 Å². The van der Waals surface area contributed by atoms with Crippen LogP contribution in [0.1, 0.15) is 27.2 Å². The summed E-state index contributed by atoms with van der Waals surface area (Å²) in [6.45, 7) is 8.92. The summed E-state index contributed by atoms with van der Waals surface area (Å²) in [5.74, 6) is 1.16. The van der Waals surface area contributed by atoms with Crippen LogP contribution in [0.4, 0.5) is 0 Å². The molecule has 0 aromatic heterocycles. The molecule has 1 heterocycles. The van der Waals surface area contributed by atoms with Crippen LogP contribution in [0.25, 0.3) is 0 Å². The highest BCUT2D eigenvalue weighted by Gasteiger charge is 2.24. The van der Waals surface area contributed by atoms with E-state index in [9.17, 15) is 0 Å². The standard InChI is InChI=1S/C11H22N2S2/c1-11(2,3)7-9-8-13-10(15-9)12-5-6-14-4/h9H,5-8H2,1-4H3,(H,12,13). The third-order valence-electron chi connectivity index (χ3n) is 2.14. The van der Waals surface area contributed by atoms with Crippen LogP contribution >= 0.6 is 23.5 Å². The first kappa shape index (κ1) is 13.2. The Morgan fingerprint density at radius 3 is 2.87 bits per heavy atom. The number of hydrogen-bond acceptors (Lipinski definition) is 4. The van der Waals surface area contributed by atoms with Crippen molar-refractivity contribution in [2.75, 3.05) is 25.1 Å². The van der Waals surface area contributed by atoms with E-state index >= 15 is 0 Å². The number of nitrogens with one attached hydrogen (secondary N) is 1. The van der Waals surface area contributed by atoms with Crippen LogP contribution in [0.2, 0.25) is 0 Å². The lowest BCUT2D eigenvalue weighted by atomic mass is 9.90. The molecule has 2 nitrogen and oxygen atoms in total. The molecule has 88 valence electrons. The average molecular weight is 246 g/mol. The molecule has 4 heteroatoms. The molecule has 0 saturated heterocycles. The highest BCUT2D eigenvalue weighted by Crippen LogP contribution is 2.31. The number of nitrogens with zero attached hydrogens (tertiary/aromatic N) is 1. The zero-order valence-corrected chi connectivity index (χ0v) is 11.8. The van der Waals surface area contributed by atoms with E-state index < -0.39 is 0 Å². The van der Waals surface area contributed by atoms with Crippen molar-refractivity contribution >= 4 is 28.7 Å². The van der Waals surface area contributed by atoms with Crippen molar-refractivity contribution in [3.05, 3.63) is 0 Å². The molecule has 0 bridgehead atoms. The Bertz CT molecular complexity index is 221. The van der Waals surface area contributed by atoms with Crippen LogP contribution in [0.15, 0.2) is 4.99 Å². The van der Waals surface area contributed by atoms with Gasteiger partial charge in [0.15, 0.2) is 5.17 Å². The largest absolute Gasteiger partial charge is 0.364 e. The van der Waals surface area contributed by atoms with Crippen LogP contribution in [0, 0.1) is 5.41 Å². The molecule has 0 saturated carbocycles. The lowest BCUT2D eigenvalue weighted by Crippen LogP contribution is -2.23. The van der Waals surface area contributed by atoms with Gasteiger partial charge in [-0.3, -0.25) is 4.99 Å². The van der Waals surface area contributed by atoms with Crippen LogP contribution < -0.4 is 5.32 Å². The Balaban J connectivity index is 2.19. The molecule has 1 aliphatic rings. The maximum atomic E-state index is 4.53. The Morgan fingerprint density at radius 1 is 1.53 bits per heavy atom. The Morgan fingerprint density at radius 2 is 2.27 bits per heavy atom. The highest BCUT2D eigenvalue weighted by atomic mass is 32.2. The third-order valence-corrected chi connectivity index (χ3v) is 3.90. The fourth-order valence-electron chi connectivity index (χ4n) is 1.56. The minimum Gasteiger partial charge on any atom is -0.364 e. The second-order valence-electron chi connectivity index (χ2n) is 5.07. The number of rotatable bonds is 4. The number of thioether (sulfide) groups is 2. The van der Waals surface area contributed by atoms with Crippen molar-refractivity contribution in [1.82, 2.24) is 5.32 Å². The molecule has 0 spiro atoms. The predicted octanol–water partition coefficient (Wildman–Crippen LogP) is 2.85. The molecular formula is C11H22N2S2. The highest BCUT2D eigenvalue weighted by molar-refractivity contribution is 8.14. The minimum absolute atomic E-state index is 0.419. The van der Waals surface area contributed by atoms with E-state index in [4.69, 9.17) is 0 Å². The molecule has 0 fully saturated rings. The third kappa shape index (κ3) is 5.71. The van der Waals surface area contributed by atoms with Gasteiger partial charge in [0.1, 0.15) is 0 Å². The number of hydrogen-bond donors (Lipinski definition) is 1. The summed E-state index contributed by atoms with van der Waals surface area (Å²) in [5.41, 5.74) is 0.419. The zero-order valence-electron chi connectivity index (χ0n) is 10.2. The molecule has 15 heavy (non-hydrogen) atoms. The molecule has 0 amide bonds. The number of aliphatic imine (C=N–C) groups is 1. The molecule has 0 aliphatic carbocycles. The Kier molecular flexibility index (Phi) is 5.33. The lowest BCUT2D eigenvalue weighted by Gasteiger charge is -2.21. The molecule has 1 rings (SSSR count). The van der Waals surface area contributed by atoms with Crippen molar-refractivity contribution < 1.29 is 0 Å². The van der Waals surface area contributed by atoms with E-state index in [0.717, 1.165) is 24.0 Å². The molecule has 1 unspecified atom stereocenters. The summed E-state index contributed by atoms with van der Waals surface area (Å²) >= 11 is 3.79. The Hall–Kier alpha value is 0.170. The van der Waals surface area contributed by atoms with E-state index in [2.05, 4.69) is 37.3 Å². The van der Waals surface area contributed by atoms with Crippen LogP contribution in [-0.2, 0) is 0 Å². The summed E-state index contributed by atoms with van der Waals surface area (Å²) in [5, 5.41) is 5.22. The number of amidine groups is 1. The van der Waals surface area contributed by atoms with Gasteiger partial charge in [0.2, 0.25) is 0 Å². The first-order chi connectivity index (χ1) is 7.01. The van der Waals surface area contributed by atoms with E-state index in [1.807, 2.05) is 23.5 Å². The van der Waals surface area contributed by atoms with Crippen LogP contribution in [0.3, 0.4) is 0 Å². The molecule has 0 aromatic rings. The van der Waals surface area contributed by atoms with Gasteiger partial charge in [0.25, 0.3) is 0 Å². The fraction of sp³-hybridized carbons (Fsp3) is 0.909. The Labute approximate surface area is 102 Å². The smallest absolute Gasteiger partial charge is 0.156 e. The predicted molar refractivity (Wildman–Crippen MR) is 74.1 cm³/mol. The van der Waals surface area contributed by atoms with Gasteiger partial charge < -0.3 is 5.32 Å². The first-order valence-corrected chi connectivity index (χ1v) is 7.72. The summed E-state index contributed by atoms with van der Waals surface area (Å²) < 4.78 is 0. The minimum atomic E-state index is 0.419. The molecule has 1 atom stereocenters. The monoisotopic (exact) mass is 246 g/mol. The fourth-order valence-corrected chi connectivity index (χ4v) is 3.25. The van der Waals surface area contributed by atoms with Gasteiger partial charge in [-0.05, 0) is 18.1 Å². The zero-order chi connectivity index (χ0) is 11.3. The van der Waals surface area contributed by atoms with Crippen molar-refractivity contribution in [1.29, 1.82) is 0 Å². The van der Waals surface area contributed by atoms with E-state index in [1.165, 1.54) is 6.42 Å². The van der Waals surface area contributed by atoms with Gasteiger partial charge in [-0.15, -0.1) is 0 Å². The molecular weight excluding hydrogens is 224 g/mol. The molecule has 0 radical (unpaired) electrons. The van der Waals surface area contributed by atoms with Gasteiger partial charge in [-0.1, -0.05) is 32.5 Å². The quantitative estimate of drug-likeness (QED) is 0.772. The molecule has 1 aliphatic heterocycles. The van der Waals surface area contributed by atoms with Crippen molar-refractivity contribution in [2.24, 2.45) is 10.4 Å². The van der Waals surface area contributed by atoms with Gasteiger partial charge >= 0.3 is 0 Å². The lowest BCUT2D eigenvalue weighted by molar-refractivity contribution is 0.375. The first-order valence-electron chi connectivity index (χ1n) is 5.45. The van der Waals surface area contributed by atoms with Gasteiger partial charge in [0, 0.05) is 17.5 Å². The van der Waals surface area contributed by atoms with Gasteiger partial charge in [-0.25, -0.2) is 0 Å². The molecule has 1 N–H and O–H groups in total. The SMILES string of the molecule is CSCCNC1=NCC(CC(C)(C)C)S1. The van der Waals surface area contributed by atoms with E-state index in [-0.39, 0.29) is 0 Å². The van der Waals surface area contributed by atoms with Crippen molar-refractivity contribution in [3.63, 3.8) is 0 Å². The second kappa shape index (κ2) is 6.04. The van der Waals surface area contributed by atoms with Gasteiger partial charge in [0.05, 0.1) is 6.54 Å². The summed E-state index contributed by atoms with van der Waals surface area (Å²) in [4.78, 5) is 4.53. The topological polar surface area (TPSA) is 24.4 Å². The second-order valence-corrected chi connectivity index (χ2v) is 7.34.